The van der Waals surface area contributed by atoms with Crippen molar-refractivity contribution in [3.05, 3.63) is 59.7 Å². The van der Waals surface area contributed by atoms with E-state index in [2.05, 4.69) is 5.32 Å². The first-order valence-corrected chi connectivity index (χ1v) is 10.4. The molecule has 1 saturated heterocycles. The van der Waals surface area contributed by atoms with Crippen LogP contribution in [-0.2, 0) is 10.0 Å². The van der Waals surface area contributed by atoms with Crippen molar-refractivity contribution in [1.82, 2.24) is 10.2 Å². The van der Waals surface area contributed by atoms with Gasteiger partial charge in [-0.05, 0) is 44.2 Å². The fourth-order valence-corrected chi connectivity index (χ4v) is 4.39. The molecule has 0 bridgehead atoms. The Bertz CT molecular complexity index is 926. The zero-order valence-electron chi connectivity index (χ0n) is 15.8. The molecule has 1 fully saturated rings. The first kappa shape index (κ1) is 19.4. The summed E-state index contributed by atoms with van der Waals surface area (Å²) in [4.78, 5) is 14.8. The van der Waals surface area contributed by atoms with Gasteiger partial charge in [0.15, 0.2) is 0 Å². The minimum absolute atomic E-state index is 0.0711. The minimum Gasteiger partial charge on any atom is -0.333 e. The molecule has 3 rings (SSSR count). The second-order valence-electron chi connectivity index (χ2n) is 6.89. The van der Waals surface area contributed by atoms with Crippen LogP contribution in [0.5, 0.6) is 0 Å². The van der Waals surface area contributed by atoms with Crippen LogP contribution < -0.4 is 9.62 Å². The van der Waals surface area contributed by atoms with Gasteiger partial charge in [-0.1, -0.05) is 23.8 Å². The molecule has 0 aromatic heterocycles. The maximum absolute atomic E-state index is 13.0. The number of piperazine rings is 1. The van der Waals surface area contributed by atoms with Crippen molar-refractivity contribution in [2.24, 2.45) is 0 Å². The van der Waals surface area contributed by atoms with Crippen LogP contribution in [0.4, 0.5) is 5.69 Å². The van der Waals surface area contributed by atoms with E-state index in [1.165, 1.54) is 23.5 Å². The van der Waals surface area contributed by atoms with Gasteiger partial charge in [0.25, 0.3) is 15.9 Å². The highest BCUT2D eigenvalue weighted by molar-refractivity contribution is 7.92. The predicted molar refractivity (Wildman–Crippen MR) is 107 cm³/mol. The normalized spacial score (nSPS) is 17.6. The van der Waals surface area contributed by atoms with Gasteiger partial charge >= 0.3 is 0 Å². The maximum atomic E-state index is 13.0. The number of aryl methyl sites for hydroxylation is 1. The van der Waals surface area contributed by atoms with Crippen LogP contribution in [0.1, 0.15) is 22.8 Å². The van der Waals surface area contributed by atoms with E-state index in [4.69, 9.17) is 0 Å². The molecule has 1 heterocycles. The summed E-state index contributed by atoms with van der Waals surface area (Å²) in [5.41, 5.74) is 2.03. The summed E-state index contributed by atoms with van der Waals surface area (Å²) >= 11 is 0. The van der Waals surface area contributed by atoms with Crippen molar-refractivity contribution in [3.8, 4) is 0 Å². The van der Waals surface area contributed by atoms with E-state index in [9.17, 15) is 13.2 Å². The minimum atomic E-state index is -3.75. The van der Waals surface area contributed by atoms with Gasteiger partial charge in [-0.15, -0.1) is 0 Å². The smallest absolute Gasteiger partial charge is 0.264 e. The SMILES string of the molecule is Cc1ccc(N(C)S(=O)(=O)c2cccc(C(=O)N3CCNC[C@H]3C)c2)cc1. The fraction of sp³-hybridized carbons (Fsp3) is 0.350. The highest BCUT2D eigenvalue weighted by atomic mass is 32.2. The Kier molecular flexibility index (Phi) is 5.53. The van der Waals surface area contributed by atoms with E-state index in [1.807, 2.05) is 26.0 Å². The first-order valence-electron chi connectivity index (χ1n) is 8.98. The van der Waals surface area contributed by atoms with E-state index in [-0.39, 0.29) is 16.8 Å². The van der Waals surface area contributed by atoms with Crippen LogP contribution >= 0.6 is 0 Å². The van der Waals surface area contributed by atoms with Gasteiger partial charge < -0.3 is 10.2 Å². The molecule has 1 N–H and O–H groups in total. The molecular formula is C20H25N3O3S. The topological polar surface area (TPSA) is 69.7 Å². The molecule has 144 valence electrons. The number of hydrogen-bond acceptors (Lipinski definition) is 4. The molecule has 27 heavy (non-hydrogen) atoms. The Hall–Kier alpha value is -2.38. The van der Waals surface area contributed by atoms with E-state index >= 15 is 0 Å². The lowest BCUT2D eigenvalue weighted by Crippen LogP contribution is -2.52. The lowest BCUT2D eigenvalue weighted by Gasteiger charge is -2.34. The summed E-state index contributed by atoms with van der Waals surface area (Å²) in [6.07, 6.45) is 0. The lowest BCUT2D eigenvalue weighted by atomic mass is 10.1. The number of hydrogen-bond donors (Lipinski definition) is 1. The van der Waals surface area contributed by atoms with Crippen molar-refractivity contribution in [3.63, 3.8) is 0 Å². The van der Waals surface area contributed by atoms with Crippen molar-refractivity contribution in [1.29, 1.82) is 0 Å². The molecule has 1 aliphatic rings. The number of rotatable bonds is 4. The molecule has 0 radical (unpaired) electrons. The summed E-state index contributed by atoms with van der Waals surface area (Å²) in [5.74, 6) is -0.140. The van der Waals surface area contributed by atoms with Crippen molar-refractivity contribution >= 4 is 21.6 Å². The largest absolute Gasteiger partial charge is 0.333 e. The van der Waals surface area contributed by atoms with Gasteiger partial charge in [0.2, 0.25) is 0 Å². The molecule has 1 aliphatic heterocycles. The molecule has 0 saturated carbocycles. The average Bonchev–Trinajstić information content (AvgIpc) is 2.68. The Labute approximate surface area is 160 Å². The van der Waals surface area contributed by atoms with E-state index in [1.54, 1.807) is 29.2 Å². The predicted octanol–water partition coefficient (Wildman–Crippen LogP) is 2.25. The Morgan fingerprint density at radius 2 is 1.89 bits per heavy atom. The van der Waals surface area contributed by atoms with Crippen molar-refractivity contribution in [2.45, 2.75) is 24.8 Å². The number of carbonyl (C=O) groups excluding carboxylic acids is 1. The van der Waals surface area contributed by atoms with Crippen LogP contribution in [0.25, 0.3) is 0 Å². The monoisotopic (exact) mass is 387 g/mol. The number of carbonyl (C=O) groups is 1. The van der Waals surface area contributed by atoms with Crippen LogP contribution in [0.2, 0.25) is 0 Å². The van der Waals surface area contributed by atoms with E-state index < -0.39 is 10.0 Å². The summed E-state index contributed by atoms with van der Waals surface area (Å²) in [5, 5.41) is 3.25. The summed E-state index contributed by atoms with van der Waals surface area (Å²) in [6.45, 7) is 6.02. The molecule has 6 nitrogen and oxygen atoms in total. The molecule has 1 atom stereocenters. The van der Waals surface area contributed by atoms with Crippen LogP contribution in [0.15, 0.2) is 53.4 Å². The van der Waals surface area contributed by atoms with Gasteiger partial charge in [0.1, 0.15) is 0 Å². The van der Waals surface area contributed by atoms with Crippen molar-refractivity contribution < 1.29 is 13.2 Å². The second-order valence-corrected chi connectivity index (χ2v) is 8.86. The van der Waals surface area contributed by atoms with E-state index in [0.29, 0.717) is 17.8 Å². The third kappa shape index (κ3) is 3.99. The first-order chi connectivity index (χ1) is 12.8. The molecular weight excluding hydrogens is 362 g/mol. The average molecular weight is 388 g/mol. The number of nitrogens with one attached hydrogen (secondary N) is 1. The van der Waals surface area contributed by atoms with Gasteiger partial charge in [-0.2, -0.15) is 0 Å². The molecule has 0 spiro atoms. The number of anilines is 1. The maximum Gasteiger partial charge on any atom is 0.264 e. The van der Waals surface area contributed by atoms with Gasteiger partial charge in [-0.25, -0.2) is 8.42 Å². The standard InChI is InChI=1S/C20H25N3O3S/c1-15-7-9-18(10-8-15)22(3)27(25,26)19-6-4-5-17(13-19)20(24)23-12-11-21-14-16(23)2/h4-10,13,16,21H,11-12,14H2,1-3H3/t16-/m1/s1. The molecule has 1 amide bonds. The number of sulfonamides is 1. The number of amides is 1. The zero-order chi connectivity index (χ0) is 19.6. The third-order valence-corrected chi connectivity index (χ3v) is 6.68. The molecule has 0 aliphatic carbocycles. The van der Waals surface area contributed by atoms with Gasteiger partial charge in [-0.3, -0.25) is 9.10 Å². The molecule has 7 heteroatoms. The highest BCUT2D eigenvalue weighted by Gasteiger charge is 2.26. The Morgan fingerprint density at radius 1 is 1.19 bits per heavy atom. The summed E-state index contributed by atoms with van der Waals surface area (Å²) in [7, 11) is -2.23. The fourth-order valence-electron chi connectivity index (χ4n) is 3.15. The van der Waals surface area contributed by atoms with Crippen LogP contribution in [0, 0.1) is 6.92 Å². The summed E-state index contributed by atoms with van der Waals surface area (Å²) < 4.78 is 27.3. The second kappa shape index (κ2) is 7.70. The third-order valence-electron chi connectivity index (χ3n) is 4.90. The van der Waals surface area contributed by atoms with Gasteiger partial charge in [0.05, 0.1) is 10.6 Å². The number of benzene rings is 2. The van der Waals surface area contributed by atoms with E-state index in [0.717, 1.165) is 18.7 Å². The molecule has 2 aromatic rings. The van der Waals surface area contributed by atoms with Gasteiger partial charge in [0, 0.05) is 38.3 Å². The van der Waals surface area contributed by atoms with Crippen LogP contribution in [0.3, 0.4) is 0 Å². The zero-order valence-corrected chi connectivity index (χ0v) is 16.7. The molecule has 0 unspecified atom stereocenters. The quantitative estimate of drug-likeness (QED) is 0.874. The Morgan fingerprint density at radius 3 is 2.56 bits per heavy atom. The molecule has 2 aromatic carbocycles. The van der Waals surface area contributed by atoms with Crippen molar-refractivity contribution in [2.75, 3.05) is 31.0 Å². The highest BCUT2D eigenvalue weighted by Crippen LogP contribution is 2.23. The summed E-state index contributed by atoms with van der Waals surface area (Å²) in [6, 6.07) is 13.6. The lowest BCUT2D eigenvalue weighted by molar-refractivity contribution is 0.0655. The number of nitrogens with zero attached hydrogens (tertiary/aromatic N) is 2. The Balaban J connectivity index is 1.89. The van der Waals surface area contributed by atoms with Crippen LogP contribution in [-0.4, -0.2) is 51.9 Å².